The molecule has 0 fully saturated rings. The molecule has 0 aliphatic rings. The number of benzene rings is 1. The summed E-state index contributed by atoms with van der Waals surface area (Å²) >= 11 is 0. The molecule has 2 amide bonds. The number of carboxylic acid groups (broad SMARTS) is 1. The Morgan fingerprint density at radius 3 is 2.40 bits per heavy atom. The Labute approximate surface area is 116 Å². The number of rotatable bonds is 6. The molecule has 0 aliphatic carbocycles. The molecule has 0 radical (unpaired) electrons. The maximum Gasteiger partial charge on any atom is 0.340 e. The summed E-state index contributed by atoms with van der Waals surface area (Å²) in [5.41, 5.74) is -0.668. The van der Waals surface area contributed by atoms with Gasteiger partial charge in [0.15, 0.2) is 0 Å². The van der Waals surface area contributed by atoms with Gasteiger partial charge in [-0.3, -0.25) is 0 Å². The highest BCUT2D eigenvalue weighted by Gasteiger charge is 2.19. The molecule has 5 nitrogen and oxygen atoms in total. The topological polar surface area (TPSA) is 69.6 Å². The second kappa shape index (κ2) is 7.08. The van der Waals surface area contributed by atoms with Crippen LogP contribution in [0.4, 0.5) is 14.9 Å². The van der Waals surface area contributed by atoms with E-state index in [2.05, 4.69) is 18.5 Å². The fraction of sp³-hybridized carbons (Fsp3) is 0.143. The maximum atomic E-state index is 13.5. The summed E-state index contributed by atoms with van der Waals surface area (Å²) in [6.07, 6.45) is 3.04. The maximum absolute atomic E-state index is 13.5. The predicted molar refractivity (Wildman–Crippen MR) is 74.3 cm³/mol. The molecule has 0 aliphatic heterocycles. The summed E-state index contributed by atoms with van der Waals surface area (Å²) in [4.78, 5) is 24.3. The lowest BCUT2D eigenvalue weighted by molar-refractivity contribution is 0.0693. The predicted octanol–water partition coefficient (Wildman–Crippen LogP) is 2.73. The number of anilines is 1. The molecule has 20 heavy (non-hydrogen) atoms. The van der Waals surface area contributed by atoms with Gasteiger partial charge in [0.25, 0.3) is 0 Å². The minimum atomic E-state index is -1.45. The van der Waals surface area contributed by atoms with E-state index < -0.39 is 23.4 Å². The van der Waals surface area contributed by atoms with Gasteiger partial charge < -0.3 is 15.3 Å². The fourth-order valence-corrected chi connectivity index (χ4v) is 1.59. The average molecular weight is 278 g/mol. The molecule has 1 aromatic carbocycles. The van der Waals surface area contributed by atoms with Gasteiger partial charge in [-0.15, -0.1) is 13.2 Å². The first-order chi connectivity index (χ1) is 9.51. The van der Waals surface area contributed by atoms with E-state index in [0.29, 0.717) is 0 Å². The zero-order valence-corrected chi connectivity index (χ0v) is 10.8. The van der Waals surface area contributed by atoms with Crippen molar-refractivity contribution in [2.75, 3.05) is 18.4 Å². The lowest BCUT2D eigenvalue weighted by atomic mass is 10.1. The molecule has 1 aromatic rings. The normalized spacial score (nSPS) is 9.65. The van der Waals surface area contributed by atoms with E-state index in [1.54, 1.807) is 0 Å². The third-order valence-electron chi connectivity index (χ3n) is 2.46. The van der Waals surface area contributed by atoms with Gasteiger partial charge in [0.2, 0.25) is 0 Å². The van der Waals surface area contributed by atoms with Crippen LogP contribution in [-0.2, 0) is 0 Å². The summed E-state index contributed by atoms with van der Waals surface area (Å²) in [6.45, 7) is 7.56. The molecular weight excluding hydrogens is 263 g/mol. The number of nitrogens with one attached hydrogen (secondary N) is 1. The van der Waals surface area contributed by atoms with Crippen molar-refractivity contribution in [2.45, 2.75) is 0 Å². The van der Waals surface area contributed by atoms with Crippen molar-refractivity contribution in [1.29, 1.82) is 0 Å². The Kier molecular flexibility index (Phi) is 5.46. The summed E-state index contributed by atoms with van der Waals surface area (Å²) in [5, 5.41) is 11.3. The molecule has 0 spiro atoms. The third kappa shape index (κ3) is 3.68. The molecule has 0 aromatic heterocycles. The van der Waals surface area contributed by atoms with E-state index in [1.807, 2.05) is 0 Å². The Morgan fingerprint density at radius 2 is 1.90 bits per heavy atom. The van der Waals surface area contributed by atoms with Gasteiger partial charge in [-0.1, -0.05) is 18.2 Å². The van der Waals surface area contributed by atoms with Gasteiger partial charge in [0.1, 0.15) is 11.4 Å². The van der Waals surface area contributed by atoms with Gasteiger partial charge in [0.05, 0.1) is 5.69 Å². The van der Waals surface area contributed by atoms with E-state index >= 15 is 0 Å². The monoisotopic (exact) mass is 278 g/mol. The Balaban J connectivity index is 3.00. The van der Waals surface area contributed by atoms with Crippen molar-refractivity contribution in [3.8, 4) is 0 Å². The first-order valence-corrected chi connectivity index (χ1v) is 5.80. The second-order valence-corrected chi connectivity index (χ2v) is 3.88. The molecule has 0 heterocycles. The molecule has 0 saturated heterocycles. The molecule has 0 saturated carbocycles. The largest absolute Gasteiger partial charge is 0.478 e. The Bertz CT molecular complexity index is 533. The van der Waals surface area contributed by atoms with Crippen LogP contribution in [0.3, 0.4) is 0 Å². The molecular formula is C14H15FN2O3. The highest BCUT2D eigenvalue weighted by Crippen LogP contribution is 2.19. The minimum absolute atomic E-state index is 0.0966. The van der Waals surface area contributed by atoms with Gasteiger partial charge in [-0.2, -0.15) is 0 Å². The lowest BCUT2D eigenvalue weighted by Gasteiger charge is -2.20. The van der Waals surface area contributed by atoms with Crippen LogP contribution in [0.5, 0.6) is 0 Å². The van der Waals surface area contributed by atoms with Crippen LogP contribution < -0.4 is 5.32 Å². The first-order valence-electron chi connectivity index (χ1n) is 5.80. The van der Waals surface area contributed by atoms with Crippen molar-refractivity contribution >= 4 is 17.7 Å². The molecule has 6 heteroatoms. The lowest BCUT2D eigenvalue weighted by Crippen LogP contribution is -2.35. The van der Waals surface area contributed by atoms with E-state index in [0.717, 1.165) is 6.07 Å². The number of hydrogen-bond donors (Lipinski definition) is 2. The van der Waals surface area contributed by atoms with E-state index in [9.17, 15) is 14.0 Å². The number of halogens is 1. The highest BCUT2D eigenvalue weighted by atomic mass is 19.1. The van der Waals surface area contributed by atoms with Crippen molar-refractivity contribution in [1.82, 2.24) is 4.90 Å². The van der Waals surface area contributed by atoms with Crippen LogP contribution >= 0.6 is 0 Å². The molecule has 0 bridgehead atoms. The zero-order chi connectivity index (χ0) is 15.1. The number of aromatic carboxylic acids is 1. The van der Waals surface area contributed by atoms with Gasteiger partial charge in [-0.05, 0) is 12.1 Å². The summed E-state index contributed by atoms with van der Waals surface area (Å²) < 4.78 is 13.5. The van der Waals surface area contributed by atoms with Crippen molar-refractivity contribution in [3.63, 3.8) is 0 Å². The SMILES string of the molecule is C=CCN(CC=C)C(=O)Nc1cccc(F)c1C(=O)O. The van der Waals surface area contributed by atoms with Crippen LogP contribution in [-0.4, -0.2) is 35.1 Å². The molecule has 0 atom stereocenters. The minimum Gasteiger partial charge on any atom is -0.478 e. The number of hydrogen-bond acceptors (Lipinski definition) is 2. The van der Waals surface area contributed by atoms with E-state index in [4.69, 9.17) is 5.11 Å². The van der Waals surface area contributed by atoms with Crippen molar-refractivity contribution < 1.29 is 19.1 Å². The Morgan fingerprint density at radius 1 is 1.30 bits per heavy atom. The highest BCUT2D eigenvalue weighted by molar-refractivity contribution is 6.00. The van der Waals surface area contributed by atoms with E-state index in [-0.39, 0.29) is 18.8 Å². The number of nitrogens with zero attached hydrogens (tertiary/aromatic N) is 1. The molecule has 106 valence electrons. The fourth-order valence-electron chi connectivity index (χ4n) is 1.59. The summed E-state index contributed by atoms with van der Waals surface area (Å²) in [7, 11) is 0. The number of amides is 2. The van der Waals surface area contributed by atoms with Crippen LogP contribution in [0.1, 0.15) is 10.4 Å². The van der Waals surface area contributed by atoms with Crippen molar-refractivity contribution in [3.05, 3.63) is 54.9 Å². The summed E-state index contributed by atoms with van der Waals surface area (Å²) in [6, 6.07) is 3.11. The Hall–Kier alpha value is -2.63. The van der Waals surface area contributed by atoms with Crippen LogP contribution in [0.25, 0.3) is 0 Å². The van der Waals surface area contributed by atoms with E-state index in [1.165, 1.54) is 29.2 Å². The molecule has 2 N–H and O–H groups in total. The van der Waals surface area contributed by atoms with Gasteiger partial charge in [-0.25, -0.2) is 14.0 Å². The van der Waals surface area contributed by atoms with Crippen LogP contribution in [0.2, 0.25) is 0 Å². The van der Waals surface area contributed by atoms with Crippen LogP contribution in [0, 0.1) is 5.82 Å². The number of carbonyl (C=O) groups is 2. The standard InChI is InChI=1S/C14H15FN2O3/c1-3-8-17(9-4-2)14(20)16-11-7-5-6-10(15)12(11)13(18)19/h3-7H,1-2,8-9H2,(H,16,20)(H,18,19). The van der Waals surface area contributed by atoms with Gasteiger partial charge in [0, 0.05) is 13.1 Å². The number of carbonyl (C=O) groups excluding carboxylic acids is 1. The third-order valence-corrected chi connectivity index (χ3v) is 2.46. The number of carboxylic acids is 1. The second-order valence-electron chi connectivity index (χ2n) is 3.88. The van der Waals surface area contributed by atoms with Crippen LogP contribution in [0.15, 0.2) is 43.5 Å². The number of urea groups is 1. The van der Waals surface area contributed by atoms with Gasteiger partial charge >= 0.3 is 12.0 Å². The molecule has 1 rings (SSSR count). The zero-order valence-electron chi connectivity index (χ0n) is 10.8. The summed E-state index contributed by atoms with van der Waals surface area (Å²) in [5.74, 6) is -2.35. The van der Waals surface area contributed by atoms with Crippen molar-refractivity contribution in [2.24, 2.45) is 0 Å². The first kappa shape index (κ1) is 15.4. The quantitative estimate of drug-likeness (QED) is 0.786. The molecule has 0 unspecified atom stereocenters. The smallest absolute Gasteiger partial charge is 0.340 e. The average Bonchev–Trinajstić information content (AvgIpc) is 2.38.